The summed E-state index contributed by atoms with van der Waals surface area (Å²) in [4.78, 5) is 11.8. The molecular weight excluding hydrogens is 355 g/mol. The second-order valence-electron chi connectivity index (χ2n) is 7.32. The van der Waals surface area contributed by atoms with Crippen LogP contribution in [0.1, 0.15) is 29.4 Å². The van der Waals surface area contributed by atoms with Crippen LogP contribution in [0.15, 0.2) is 42.7 Å². The normalized spacial score (nSPS) is 19.6. The molecule has 141 valence electrons. The van der Waals surface area contributed by atoms with E-state index in [1.165, 1.54) is 4.80 Å². The molecule has 5 rings (SSSR count). The van der Waals surface area contributed by atoms with E-state index in [1.807, 2.05) is 44.2 Å². The Balaban J connectivity index is 1.63. The number of nitrogens with zero attached hydrogens (tertiary/aromatic N) is 5. The summed E-state index contributed by atoms with van der Waals surface area (Å²) >= 11 is 0. The van der Waals surface area contributed by atoms with E-state index in [9.17, 15) is 4.39 Å². The summed E-state index contributed by atoms with van der Waals surface area (Å²) in [6.45, 7) is 4.34. The van der Waals surface area contributed by atoms with E-state index in [0.29, 0.717) is 18.7 Å². The van der Waals surface area contributed by atoms with Gasteiger partial charge in [-0.2, -0.15) is 10.2 Å². The number of aromatic amines is 1. The third-order valence-electron chi connectivity index (χ3n) is 5.27. The number of benzene rings is 2. The number of aromatic nitrogens is 5. The Hall–Kier alpha value is -3.22. The van der Waals surface area contributed by atoms with E-state index in [0.717, 1.165) is 33.7 Å². The number of nitrogens with one attached hydrogen (secondary N) is 1. The summed E-state index contributed by atoms with van der Waals surface area (Å²) in [6.07, 6.45) is 2.70. The van der Waals surface area contributed by atoms with E-state index in [-0.39, 0.29) is 6.04 Å². The largest absolute Gasteiger partial charge is 0.356 e. The highest BCUT2D eigenvalue weighted by atomic mass is 19.1. The van der Waals surface area contributed by atoms with Crippen molar-refractivity contribution in [3.05, 3.63) is 65.7 Å². The van der Waals surface area contributed by atoms with Gasteiger partial charge < -0.3 is 9.88 Å². The molecule has 2 aromatic heterocycles. The number of anilines is 1. The van der Waals surface area contributed by atoms with Gasteiger partial charge in [-0.25, -0.2) is 9.37 Å². The highest BCUT2D eigenvalue weighted by Crippen LogP contribution is 2.39. The molecule has 1 fully saturated rings. The molecule has 1 N–H and O–H groups in total. The molecule has 3 heterocycles. The second kappa shape index (κ2) is 6.44. The van der Waals surface area contributed by atoms with Gasteiger partial charge in [-0.15, -0.1) is 4.80 Å². The molecule has 4 aromatic rings. The number of fused-ring (bicyclic) bond motifs is 1. The van der Waals surface area contributed by atoms with Crippen LogP contribution in [-0.2, 0) is 0 Å². The number of hydrogen-bond acceptors (Lipinski definition) is 4. The summed E-state index contributed by atoms with van der Waals surface area (Å²) < 4.78 is 14.6. The Morgan fingerprint density at radius 2 is 2.04 bits per heavy atom. The average molecular weight is 375 g/mol. The molecule has 2 aromatic carbocycles. The molecule has 0 aliphatic carbocycles. The summed E-state index contributed by atoms with van der Waals surface area (Å²) in [5.41, 5.74) is 5.63. The number of rotatable bonds is 3. The van der Waals surface area contributed by atoms with Gasteiger partial charge in [0.1, 0.15) is 17.7 Å². The number of halogens is 1. The van der Waals surface area contributed by atoms with E-state index in [2.05, 4.69) is 26.1 Å². The van der Waals surface area contributed by atoms with E-state index >= 15 is 0 Å². The van der Waals surface area contributed by atoms with Crippen molar-refractivity contribution in [1.82, 2.24) is 25.0 Å². The van der Waals surface area contributed by atoms with Crippen LogP contribution in [-0.4, -0.2) is 37.7 Å². The Morgan fingerprint density at radius 3 is 2.82 bits per heavy atom. The van der Waals surface area contributed by atoms with Crippen LogP contribution < -0.4 is 4.90 Å². The number of alkyl halides is 1. The summed E-state index contributed by atoms with van der Waals surface area (Å²) in [5, 5.41) is 8.48. The predicted molar refractivity (Wildman–Crippen MR) is 105 cm³/mol. The fourth-order valence-corrected chi connectivity index (χ4v) is 3.95. The van der Waals surface area contributed by atoms with Crippen LogP contribution >= 0.6 is 0 Å². The lowest BCUT2D eigenvalue weighted by Gasteiger charge is -2.27. The molecule has 7 heteroatoms. The zero-order valence-electron chi connectivity index (χ0n) is 15.7. The third kappa shape index (κ3) is 2.74. The first-order chi connectivity index (χ1) is 13.6. The van der Waals surface area contributed by atoms with Gasteiger partial charge >= 0.3 is 0 Å². The minimum Gasteiger partial charge on any atom is -0.356 e. The summed E-state index contributed by atoms with van der Waals surface area (Å²) in [5.74, 6) is 0.783. The Labute approximate surface area is 162 Å². The zero-order chi connectivity index (χ0) is 19.3. The van der Waals surface area contributed by atoms with Crippen molar-refractivity contribution in [2.75, 3.05) is 11.4 Å². The number of aryl methyl sites for hydroxylation is 2. The van der Waals surface area contributed by atoms with Crippen molar-refractivity contribution < 1.29 is 4.39 Å². The Morgan fingerprint density at radius 1 is 1.21 bits per heavy atom. The van der Waals surface area contributed by atoms with E-state index in [1.54, 1.807) is 12.4 Å². The highest BCUT2D eigenvalue weighted by Gasteiger charge is 2.37. The van der Waals surface area contributed by atoms with Gasteiger partial charge in [0.05, 0.1) is 41.7 Å². The lowest BCUT2D eigenvalue weighted by atomic mass is 10.1. The van der Waals surface area contributed by atoms with Crippen LogP contribution in [0.3, 0.4) is 0 Å². The van der Waals surface area contributed by atoms with Crippen LogP contribution in [0.4, 0.5) is 10.1 Å². The first-order valence-electron chi connectivity index (χ1n) is 9.35. The molecule has 0 saturated carbocycles. The lowest BCUT2D eigenvalue weighted by molar-refractivity contribution is 0.355. The average Bonchev–Trinajstić information content (AvgIpc) is 3.41. The maximum Gasteiger partial charge on any atom is 0.130 e. The molecule has 28 heavy (non-hydrogen) atoms. The van der Waals surface area contributed by atoms with Gasteiger partial charge in [0, 0.05) is 12.5 Å². The Bertz CT molecular complexity index is 1130. The monoisotopic (exact) mass is 375 g/mol. The quantitative estimate of drug-likeness (QED) is 0.591. The van der Waals surface area contributed by atoms with E-state index < -0.39 is 6.17 Å². The summed E-state index contributed by atoms with van der Waals surface area (Å²) in [7, 11) is 0. The van der Waals surface area contributed by atoms with Crippen LogP contribution in [0.5, 0.6) is 0 Å². The van der Waals surface area contributed by atoms with Crippen molar-refractivity contribution in [1.29, 1.82) is 0 Å². The lowest BCUT2D eigenvalue weighted by Crippen LogP contribution is -2.26. The maximum absolute atomic E-state index is 14.6. The van der Waals surface area contributed by atoms with E-state index in [4.69, 9.17) is 4.98 Å². The minimum atomic E-state index is -0.932. The fourth-order valence-electron chi connectivity index (χ4n) is 3.95. The van der Waals surface area contributed by atoms with Crippen molar-refractivity contribution in [2.45, 2.75) is 32.5 Å². The molecule has 1 aliphatic rings. The molecule has 0 unspecified atom stereocenters. The number of para-hydroxylation sites is 1. The molecule has 6 nitrogen and oxygen atoms in total. The topological polar surface area (TPSA) is 62.6 Å². The maximum atomic E-state index is 14.6. The molecule has 1 aliphatic heterocycles. The summed E-state index contributed by atoms with van der Waals surface area (Å²) in [6, 6.07) is 13.0. The minimum absolute atomic E-state index is 0.189. The van der Waals surface area contributed by atoms with Crippen molar-refractivity contribution in [2.24, 2.45) is 0 Å². The second-order valence-corrected chi connectivity index (χ2v) is 7.32. The van der Waals surface area contributed by atoms with Gasteiger partial charge in [0.2, 0.25) is 0 Å². The zero-order valence-corrected chi connectivity index (χ0v) is 15.7. The molecule has 1 radical (unpaired) electrons. The van der Waals surface area contributed by atoms with Gasteiger partial charge in [-0.3, -0.25) is 0 Å². The van der Waals surface area contributed by atoms with Crippen molar-refractivity contribution in [3.63, 3.8) is 0 Å². The molecule has 0 amide bonds. The number of imidazole rings is 1. The molecule has 1 saturated heterocycles. The first-order valence-corrected chi connectivity index (χ1v) is 9.35. The number of hydrogen-bond donors (Lipinski definition) is 1. The van der Waals surface area contributed by atoms with Gasteiger partial charge in [0.25, 0.3) is 0 Å². The third-order valence-corrected chi connectivity index (χ3v) is 5.27. The smallest absolute Gasteiger partial charge is 0.130 e. The van der Waals surface area contributed by atoms with Crippen molar-refractivity contribution >= 4 is 16.7 Å². The predicted octanol–water partition coefficient (Wildman–Crippen LogP) is 3.85. The Kier molecular flexibility index (Phi) is 3.89. The molecule has 0 spiro atoms. The molecule has 0 bridgehead atoms. The first kappa shape index (κ1) is 16.9. The highest BCUT2D eigenvalue weighted by molar-refractivity contribution is 5.79. The van der Waals surface area contributed by atoms with Gasteiger partial charge in [-0.1, -0.05) is 12.1 Å². The SMILES string of the molecule is Cc1c[c]c(-n2nccn2)c(N2C[C@H](F)C[C@H]2c2nc3c(C)cccc3[nH]2)c1. The molecular formula is C21H20FN6. The van der Waals surface area contributed by atoms with Crippen molar-refractivity contribution in [3.8, 4) is 5.69 Å². The van der Waals surface area contributed by atoms with Crippen LogP contribution in [0, 0.1) is 19.9 Å². The van der Waals surface area contributed by atoms with Crippen LogP contribution in [0.2, 0.25) is 0 Å². The van der Waals surface area contributed by atoms with Gasteiger partial charge in [-0.05, 0) is 43.2 Å². The standard InChI is InChI=1S/C21H20FN6/c1-13-6-7-17(28-23-8-9-24-28)18(10-13)27-12-15(22)11-19(27)21-25-16-5-3-4-14(2)20(16)26-21/h3-6,8-10,15,19H,11-12H2,1-2H3,(H,25,26)/t15-,19+/m1/s1. The van der Waals surface area contributed by atoms with Gasteiger partial charge in [0.15, 0.2) is 0 Å². The van der Waals surface area contributed by atoms with Crippen LogP contribution in [0.25, 0.3) is 16.7 Å². The fraction of sp³-hybridized carbons (Fsp3) is 0.286. The molecule has 2 atom stereocenters. The number of H-pyrrole nitrogens is 1.